The molecule has 2 aliphatic rings. The fourth-order valence-electron chi connectivity index (χ4n) is 6.79. The first-order valence-electron chi connectivity index (χ1n) is 13.0. The first kappa shape index (κ1) is 30.5. The quantitative estimate of drug-likeness (QED) is 0.298. The van der Waals surface area contributed by atoms with Crippen LogP contribution in [0.15, 0.2) is 24.3 Å². The number of carbonyl (C=O) groups excluding carboxylic acids is 4. The van der Waals surface area contributed by atoms with E-state index < -0.39 is 46.2 Å². The van der Waals surface area contributed by atoms with Gasteiger partial charge in [0.15, 0.2) is 45.4 Å². The van der Waals surface area contributed by atoms with E-state index in [4.69, 9.17) is 37.9 Å². The van der Waals surface area contributed by atoms with Crippen LogP contribution in [0.3, 0.4) is 0 Å². The van der Waals surface area contributed by atoms with Crippen LogP contribution in [0.2, 0.25) is 0 Å². The highest BCUT2D eigenvalue weighted by atomic mass is 16.5. The molecule has 0 bridgehead atoms. The maximum atomic E-state index is 14.2. The second-order valence-electron chi connectivity index (χ2n) is 9.89. The van der Waals surface area contributed by atoms with E-state index in [0.717, 1.165) is 14.2 Å². The van der Waals surface area contributed by atoms with Crippen molar-refractivity contribution in [1.82, 2.24) is 0 Å². The fraction of sp³-hybridized carbons (Fsp3) is 0.467. The van der Waals surface area contributed by atoms with Gasteiger partial charge in [-0.25, -0.2) is 0 Å². The second-order valence-corrected chi connectivity index (χ2v) is 9.89. The van der Waals surface area contributed by atoms with Crippen molar-refractivity contribution >= 4 is 23.5 Å². The molecule has 0 radical (unpaired) electrons. The maximum Gasteiger partial charge on any atom is 0.324 e. The smallest absolute Gasteiger partial charge is 0.324 e. The van der Waals surface area contributed by atoms with Crippen molar-refractivity contribution in [2.24, 2.45) is 11.8 Å². The largest absolute Gasteiger partial charge is 0.493 e. The van der Waals surface area contributed by atoms with Gasteiger partial charge >= 0.3 is 11.9 Å². The van der Waals surface area contributed by atoms with Crippen molar-refractivity contribution in [2.75, 3.05) is 56.9 Å². The number of hydrogen-bond donors (Lipinski definition) is 0. The van der Waals surface area contributed by atoms with Gasteiger partial charge in [0.2, 0.25) is 11.5 Å². The average Bonchev–Trinajstić information content (AvgIpc) is 3.47. The van der Waals surface area contributed by atoms with Crippen molar-refractivity contribution in [3.63, 3.8) is 0 Å². The van der Waals surface area contributed by atoms with E-state index in [-0.39, 0.29) is 58.5 Å². The lowest BCUT2D eigenvalue weighted by molar-refractivity contribution is -0.154. The summed E-state index contributed by atoms with van der Waals surface area (Å²) in [6.07, 6.45) is -0.623. The molecule has 0 aromatic heterocycles. The lowest BCUT2D eigenvalue weighted by Crippen LogP contribution is -2.47. The minimum atomic E-state index is -1.97. The van der Waals surface area contributed by atoms with Crippen molar-refractivity contribution in [1.29, 1.82) is 0 Å². The Morgan fingerprint density at radius 1 is 0.548 bits per heavy atom. The van der Waals surface area contributed by atoms with Crippen molar-refractivity contribution < 1.29 is 57.1 Å². The van der Waals surface area contributed by atoms with Crippen LogP contribution >= 0.6 is 0 Å². The topological polar surface area (TPSA) is 142 Å². The highest BCUT2D eigenvalue weighted by molar-refractivity contribution is 6.19. The van der Waals surface area contributed by atoms with Gasteiger partial charge < -0.3 is 37.9 Å². The molecule has 2 saturated carbocycles. The number of methoxy groups -OCH3 is 8. The third-order valence-electron chi connectivity index (χ3n) is 8.54. The Bertz CT molecular complexity index is 1270. The monoisotopic (exact) mass is 586 g/mol. The van der Waals surface area contributed by atoms with Gasteiger partial charge in [-0.2, -0.15) is 0 Å². The van der Waals surface area contributed by atoms with E-state index >= 15 is 0 Å². The van der Waals surface area contributed by atoms with E-state index in [1.54, 1.807) is 0 Å². The molecule has 4 atom stereocenters. The fourth-order valence-corrected chi connectivity index (χ4v) is 6.79. The van der Waals surface area contributed by atoms with E-state index in [9.17, 15) is 19.2 Å². The molecular formula is C30H34O12. The van der Waals surface area contributed by atoms with Crippen molar-refractivity contribution in [3.05, 3.63) is 35.4 Å². The number of ketones is 2. The molecule has 0 amide bonds. The Morgan fingerprint density at radius 2 is 0.833 bits per heavy atom. The molecule has 0 aliphatic heterocycles. The lowest BCUT2D eigenvalue weighted by atomic mass is 9.67. The molecule has 226 valence electrons. The van der Waals surface area contributed by atoms with Crippen LogP contribution in [0.5, 0.6) is 34.5 Å². The molecule has 2 fully saturated rings. The summed E-state index contributed by atoms with van der Waals surface area (Å²) in [5.41, 5.74) is -3.59. The van der Waals surface area contributed by atoms with Crippen LogP contribution in [0, 0.1) is 11.8 Å². The summed E-state index contributed by atoms with van der Waals surface area (Å²) < 4.78 is 43.3. The molecule has 42 heavy (non-hydrogen) atoms. The number of esters is 2. The number of carbonyl (C=O) groups is 4. The summed E-state index contributed by atoms with van der Waals surface area (Å²) >= 11 is 0. The number of ether oxygens (including phenoxy) is 8. The van der Waals surface area contributed by atoms with Gasteiger partial charge in [-0.3, -0.25) is 19.2 Å². The number of rotatable bonds is 10. The van der Waals surface area contributed by atoms with E-state index in [1.165, 1.54) is 66.9 Å². The Hall–Kier alpha value is -4.48. The zero-order chi connectivity index (χ0) is 31.0. The highest BCUT2D eigenvalue weighted by Gasteiger charge is 2.74. The van der Waals surface area contributed by atoms with Crippen LogP contribution in [-0.2, 0) is 39.5 Å². The Labute approximate surface area is 243 Å². The second kappa shape index (κ2) is 11.4. The van der Waals surface area contributed by atoms with Gasteiger partial charge in [0.05, 0.1) is 56.9 Å². The molecule has 12 heteroatoms. The molecule has 12 nitrogen and oxygen atoms in total. The maximum absolute atomic E-state index is 14.2. The summed E-state index contributed by atoms with van der Waals surface area (Å²) in [5, 5.41) is 0. The van der Waals surface area contributed by atoms with E-state index in [0.29, 0.717) is 0 Å². The Kier molecular flexibility index (Phi) is 8.29. The molecule has 0 unspecified atom stereocenters. The van der Waals surface area contributed by atoms with Crippen molar-refractivity contribution in [2.45, 2.75) is 23.7 Å². The summed E-state index contributed by atoms with van der Waals surface area (Å²) in [5.74, 6) is -3.56. The summed E-state index contributed by atoms with van der Waals surface area (Å²) in [7, 11) is 10.8. The summed E-state index contributed by atoms with van der Waals surface area (Å²) in [4.78, 5) is 56.0. The number of benzene rings is 2. The van der Waals surface area contributed by atoms with Gasteiger partial charge in [0.25, 0.3) is 0 Å². The summed E-state index contributed by atoms with van der Waals surface area (Å²) in [6.45, 7) is 0. The van der Waals surface area contributed by atoms with Crippen LogP contribution in [0.25, 0.3) is 0 Å². The van der Waals surface area contributed by atoms with Crippen LogP contribution in [0.4, 0.5) is 0 Å². The SMILES string of the molecule is COC(=O)[C@]1(c2cc(OC)c(OC)c(OC)c2)C(=O)C[C@H]2[C@@H]1CC(=O)[C@]2(C(=O)OC)c1cc(OC)c(OC)c(OC)c1. The third-order valence-corrected chi connectivity index (χ3v) is 8.54. The number of hydrogen-bond acceptors (Lipinski definition) is 12. The molecule has 2 aromatic rings. The lowest BCUT2D eigenvalue weighted by Gasteiger charge is -2.34. The Balaban J connectivity index is 2.05. The van der Waals surface area contributed by atoms with E-state index in [2.05, 4.69) is 0 Å². The van der Waals surface area contributed by atoms with Gasteiger partial charge in [0.1, 0.15) is 0 Å². The highest BCUT2D eigenvalue weighted by Crippen LogP contribution is 2.62. The standard InChI is InChI=1S/C30H34O12/c1-35-19-9-15(10-20(36-2)25(19)39-5)29(27(33)41-7)17-13-24(32)30(28(34)42-8,18(17)14-23(29)31)16-11-21(37-3)26(40-6)22(12-16)38-4/h9-12,17-18H,13-14H2,1-8H3/t17-,18-,29-,30-/m0/s1. The van der Waals surface area contributed by atoms with Crippen molar-refractivity contribution in [3.8, 4) is 34.5 Å². The number of Topliss-reactive ketones (excluding diaryl/α,β-unsaturated/α-hetero) is 2. The van der Waals surface area contributed by atoms with Gasteiger partial charge in [0, 0.05) is 12.8 Å². The Morgan fingerprint density at radius 3 is 1.05 bits per heavy atom. The minimum Gasteiger partial charge on any atom is -0.493 e. The molecule has 0 N–H and O–H groups in total. The van der Waals surface area contributed by atoms with Gasteiger partial charge in [-0.1, -0.05) is 0 Å². The van der Waals surface area contributed by atoms with Crippen LogP contribution < -0.4 is 28.4 Å². The van der Waals surface area contributed by atoms with Gasteiger partial charge in [-0.05, 0) is 47.2 Å². The van der Waals surface area contributed by atoms with Gasteiger partial charge in [-0.15, -0.1) is 0 Å². The molecule has 4 rings (SSSR count). The molecule has 0 heterocycles. The zero-order valence-electron chi connectivity index (χ0n) is 24.8. The first-order valence-corrected chi connectivity index (χ1v) is 13.0. The predicted octanol–water partition coefficient (Wildman–Crippen LogP) is 2.44. The summed E-state index contributed by atoms with van der Waals surface area (Å²) in [6, 6.07) is 5.95. The molecule has 2 aliphatic carbocycles. The third kappa shape index (κ3) is 3.95. The van der Waals surface area contributed by atoms with E-state index in [1.807, 2.05) is 0 Å². The molecule has 2 aromatic carbocycles. The predicted molar refractivity (Wildman–Crippen MR) is 146 cm³/mol. The molecule has 0 saturated heterocycles. The minimum absolute atomic E-state index is 0.180. The normalized spacial score (nSPS) is 24.5. The van der Waals surface area contributed by atoms with Crippen LogP contribution in [0.1, 0.15) is 24.0 Å². The number of fused-ring (bicyclic) bond motifs is 1. The van der Waals surface area contributed by atoms with Crippen LogP contribution in [-0.4, -0.2) is 80.4 Å². The zero-order valence-corrected chi connectivity index (χ0v) is 24.8. The molecular weight excluding hydrogens is 552 g/mol. The average molecular weight is 587 g/mol. The first-order chi connectivity index (χ1) is 20.1. The molecule has 0 spiro atoms.